The Balaban J connectivity index is 2.93. The number of hydrogen-bond acceptors (Lipinski definition) is 4. The van der Waals surface area contributed by atoms with Crippen LogP contribution in [0.4, 0.5) is 0 Å². The fourth-order valence-electron chi connectivity index (χ4n) is 2.21. The molecule has 1 amide bonds. The molecule has 0 aliphatic rings. The molecule has 1 heterocycles. The maximum absolute atomic E-state index is 12.3. The number of rotatable bonds is 8. The van der Waals surface area contributed by atoms with Crippen LogP contribution in [-0.4, -0.2) is 30.6 Å². The van der Waals surface area contributed by atoms with E-state index < -0.39 is 15.0 Å². The Morgan fingerprint density at radius 2 is 2.00 bits per heavy atom. The van der Waals surface area contributed by atoms with Gasteiger partial charge in [0.2, 0.25) is 0 Å². The van der Waals surface area contributed by atoms with Crippen LogP contribution in [0.1, 0.15) is 62.1 Å². The number of nitrogens with one attached hydrogen (secondary N) is 2. The van der Waals surface area contributed by atoms with E-state index in [0.29, 0.717) is 0 Å². The highest BCUT2D eigenvalue weighted by molar-refractivity contribution is 8.13. The minimum atomic E-state index is -4.01. The Hall–Kier alpha value is -1.08. The summed E-state index contributed by atoms with van der Waals surface area (Å²) in [6.07, 6.45) is 4.69. The zero-order valence-corrected chi connectivity index (χ0v) is 14.1. The van der Waals surface area contributed by atoms with Crippen molar-refractivity contribution in [1.82, 2.24) is 15.5 Å². The van der Waals surface area contributed by atoms with E-state index in [1.807, 2.05) is 6.92 Å². The third-order valence-corrected chi connectivity index (χ3v) is 4.68. The Kier molecular flexibility index (Phi) is 6.67. The average Bonchev–Trinajstić information content (AvgIpc) is 2.78. The topological polar surface area (TPSA) is 91.9 Å². The number of nitrogens with zero attached hydrogens (tertiary/aromatic N) is 1. The molecule has 0 aromatic carbocycles. The van der Waals surface area contributed by atoms with Gasteiger partial charge in [-0.25, -0.2) is 8.42 Å². The number of hydrogen-bond donors (Lipinski definition) is 2. The Labute approximate surface area is 130 Å². The molecule has 1 aromatic rings. The van der Waals surface area contributed by atoms with Gasteiger partial charge in [0.1, 0.15) is 4.90 Å². The predicted octanol–water partition coefficient (Wildman–Crippen LogP) is 2.73. The number of aromatic nitrogens is 2. The summed E-state index contributed by atoms with van der Waals surface area (Å²) in [5, 5.41) is 9.12. The molecule has 0 aliphatic heterocycles. The van der Waals surface area contributed by atoms with Gasteiger partial charge >= 0.3 is 0 Å². The number of aromatic amines is 1. The number of amides is 1. The second kappa shape index (κ2) is 7.79. The first kappa shape index (κ1) is 18.0. The fraction of sp³-hybridized carbons (Fsp3) is 0.692. The first-order valence-electron chi connectivity index (χ1n) is 7.11. The van der Waals surface area contributed by atoms with Crippen molar-refractivity contribution in [3.63, 3.8) is 0 Å². The van der Waals surface area contributed by atoms with E-state index in [0.717, 1.165) is 32.1 Å². The zero-order valence-electron chi connectivity index (χ0n) is 12.6. The third kappa shape index (κ3) is 5.00. The standard InChI is InChI=1S/C13H22ClN3O3S/c1-4-6-8-10(7-5-2)15-13(18)11-12(21(14,19)20)9(3)16-17-11/h10H,4-8H2,1-3H3,(H,15,18)(H,16,17). The lowest BCUT2D eigenvalue weighted by Crippen LogP contribution is -2.35. The summed E-state index contributed by atoms with van der Waals surface area (Å²) < 4.78 is 23.1. The van der Waals surface area contributed by atoms with Crippen molar-refractivity contribution in [2.75, 3.05) is 0 Å². The molecule has 1 rings (SSSR count). The van der Waals surface area contributed by atoms with E-state index >= 15 is 0 Å². The highest BCUT2D eigenvalue weighted by Crippen LogP contribution is 2.22. The Bertz CT molecular complexity index is 583. The Morgan fingerprint density at radius 3 is 2.52 bits per heavy atom. The molecule has 0 saturated heterocycles. The molecule has 21 heavy (non-hydrogen) atoms. The number of unbranched alkanes of at least 4 members (excludes halogenated alkanes) is 1. The number of carbonyl (C=O) groups is 1. The summed E-state index contributed by atoms with van der Waals surface area (Å²) in [5.74, 6) is -0.506. The van der Waals surface area contributed by atoms with Gasteiger partial charge in [0.15, 0.2) is 5.69 Å². The van der Waals surface area contributed by atoms with Crippen LogP contribution < -0.4 is 5.32 Å². The van der Waals surface area contributed by atoms with Crippen molar-refractivity contribution in [3.8, 4) is 0 Å². The van der Waals surface area contributed by atoms with E-state index in [1.54, 1.807) is 0 Å². The van der Waals surface area contributed by atoms with Crippen LogP contribution in [-0.2, 0) is 9.05 Å². The fourth-order valence-corrected chi connectivity index (χ4v) is 3.56. The molecule has 1 unspecified atom stereocenters. The van der Waals surface area contributed by atoms with Crippen LogP contribution in [0, 0.1) is 6.92 Å². The molecule has 0 fully saturated rings. The molecule has 1 aromatic heterocycles. The van der Waals surface area contributed by atoms with E-state index in [9.17, 15) is 13.2 Å². The van der Waals surface area contributed by atoms with Crippen LogP contribution in [0.3, 0.4) is 0 Å². The predicted molar refractivity (Wildman–Crippen MR) is 82.1 cm³/mol. The van der Waals surface area contributed by atoms with Crippen LogP contribution in [0.25, 0.3) is 0 Å². The molecule has 120 valence electrons. The highest BCUT2D eigenvalue weighted by Gasteiger charge is 2.27. The number of aryl methyl sites for hydroxylation is 1. The molecule has 6 nitrogen and oxygen atoms in total. The summed E-state index contributed by atoms with van der Waals surface area (Å²) in [6, 6.07) is 0.0188. The molecule has 0 spiro atoms. The third-order valence-electron chi connectivity index (χ3n) is 3.23. The van der Waals surface area contributed by atoms with Gasteiger partial charge in [-0.2, -0.15) is 5.10 Å². The highest BCUT2D eigenvalue weighted by atomic mass is 35.7. The smallest absolute Gasteiger partial charge is 0.273 e. The van der Waals surface area contributed by atoms with Gasteiger partial charge in [-0.1, -0.05) is 33.1 Å². The van der Waals surface area contributed by atoms with Gasteiger partial charge in [-0.05, 0) is 19.8 Å². The lowest BCUT2D eigenvalue weighted by molar-refractivity contribution is 0.0923. The quantitative estimate of drug-likeness (QED) is 0.714. The first-order chi connectivity index (χ1) is 9.81. The number of carbonyl (C=O) groups excluding carboxylic acids is 1. The monoisotopic (exact) mass is 335 g/mol. The minimum Gasteiger partial charge on any atom is -0.348 e. The summed E-state index contributed by atoms with van der Waals surface area (Å²) >= 11 is 0. The van der Waals surface area contributed by atoms with E-state index in [-0.39, 0.29) is 22.3 Å². The van der Waals surface area contributed by atoms with Gasteiger partial charge in [0, 0.05) is 16.7 Å². The van der Waals surface area contributed by atoms with Crippen LogP contribution >= 0.6 is 10.7 Å². The number of H-pyrrole nitrogens is 1. The molecular formula is C13H22ClN3O3S. The molecule has 0 aliphatic carbocycles. The molecule has 0 radical (unpaired) electrons. The molecule has 0 saturated carbocycles. The maximum atomic E-state index is 12.3. The maximum Gasteiger partial charge on any atom is 0.273 e. The summed E-state index contributed by atoms with van der Waals surface area (Å²) in [6.45, 7) is 5.64. The van der Waals surface area contributed by atoms with Crippen molar-refractivity contribution < 1.29 is 13.2 Å². The van der Waals surface area contributed by atoms with E-state index in [4.69, 9.17) is 10.7 Å². The summed E-state index contributed by atoms with van der Waals surface area (Å²) in [7, 11) is 1.35. The minimum absolute atomic E-state index is 0.0188. The van der Waals surface area contributed by atoms with Gasteiger partial charge in [0.05, 0.1) is 5.69 Å². The van der Waals surface area contributed by atoms with Crippen molar-refractivity contribution in [1.29, 1.82) is 0 Å². The van der Waals surface area contributed by atoms with Gasteiger partial charge < -0.3 is 5.32 Å². The molecule has 2 N–H and O–H groups in total. The molecular weight excluding hydrogens is 314 g/mol. The Morgan fingerprint density at radius 1 is 1.33 bits per heavy atom. The van der Waals surface area contributed by atoms with Gasteiger partial charge in [-0.15, -0.1) is 0 Å². The number of halogens is 1. The van der Waals surface area contributed by atoms with Crippen molar-refractivity contribution in [3.05, 3.63) is 11.4 Å². The van der Waals surface area contributed by atoms with Gasteiger partial charge in [-0.3, -0.25) is 9.89 Å². The van der Waals surface area contributed by atoms with Crippen LogP contribution in [0.15, 0.2) is 4.90 Å². The van der Waals surface area contributed by atoms with Crippen LogP contribution in [0.5, 0.6) is 0 Å². The zero-order chi connectivity index (χ0) is 16.0. The molecule has 0 bridgehead atoms. The SMILES string of the molecule is CCCCC(CCC)NC(=O)c1n[nH]c(C)c1S(=O)(=O)Cl. The van der Waals surface area contributed by atoms with Crippen LogP contribution in [0.2, 0.25) is 0 Å². The molecule has 1 atom stereocenters. The van der Waals surface area contributed by atoms with Crippen molar-refractivity contribution in [2.24, 2.45) is 0 Å². The van der Waals surface area contributed by atoms with Gasteiger partial charge in [0.25, 0.3) is 15.0 Å². The second-order valence-electron chi connectivity index (χ2n) is 5.07. The largest absolute Gasteiger partial charge is 0.348 e. The lowest BCUT2D eigenvalue weighted by atomic mass is 10.1. The van der Waals surface area contributed by atoms with E-state index in [2.05, 4.69) is 22.4 Å². The van der Waals surface area contributed by atoms with Crippen molar-refractivity contribution in [2.45, 2.75) is 63.8 Å². The lowest BCUT2D eigenvalue weighted by Gasteiger charge is -2.17. The summed E-state index contributed by atoms with van der Waals surface area (Å²) in [4.78, 5) is 12.0. The second-order valence-corrected chi connectivity index (χ2v) is 7.57. The normalized spacial score (nSPS) is 13.1. The summed E-state index contributed by atoms with van der Waals surface area (Å²) in [5.41, 5.74) is 0.0934. The average molecular weight is 336 g/mol. The van der Waals surface area contributed by atoms with Crippen molar-refractivity contribution >= 4 is 25.6 Å². The first-order valence-corrected chi connectivity index (χ1v) is 9.42. The van der Waals surface area contributed by atoms with E-state index in [1.165, 1.54) is 6.92 Å². The molecule has 8 heteroatoms.